The Hall–Kier alpha value is -7.93. The lowest BCUT2D eigenvalue weighted by atomic mass is 10.0. The van der Waals surface area contributed by atoms with Crippen LogP contribution in [0.4, 0.5) is 17.1 Å². The van der Waals surface area contributed by atoms with E-state index in [4.69, 9.17) is 14.5 Å². The smallest absolute Gasteiger partial charge is 0.172 e. The number of fused-ring (bicyclic) bond motifs is 6. The summed E-state index contributed by atoms with van der Waals surface area (Å²) in [7, 11) is 0. The summed E-state index contributed by atoms with van der Waals surface area (Å²) in [5, 5.41) is 3.24. The van der Waals surface area contributed by atoms with Crippen LogP contribution in [0.15, 0.2) is 212 Å². The fourth-order valence-electron chi connectivity index (χ4n) is 8.51. The minimum atomic E-state index is 0.702. The minimum Gasteiger partial charge on any atom is -0.449 e. The van der Waals surface area contributed by atoms with Crippen molar-refractivity contribution in [3.8, 4) is 61.5 Å². The van der Waals surface area contributed by atoms with E-state index < -0.39 is 0 Å². The van der Waals surface area contributed by atoms with Crippen molar-refractivity contribution in [1.82, 2.24) is 9.55 Å². The average Bonchev–Trinajstić information content (AvgIpc) is 3.90. The molecular formula is C55H35N3O2S. The Balaban J connectivity index is 0.896. The lowest BCUT2D eigenvalue weighted by Crippen LogP contribution is -2.09. The van der Waals surface area contributed by atoms with Gasteiger partial charge in [-0.3, -0.25) is 0 Å². The lowest BCUT2D eigenvalue weighted by molar-refractivity contribution is 0.360. The highest BCUT2D eigenvalue weighted by atomic mass is 32.1. The van der Waals surface area contributed by atoms with Gasteiger partial charge in [0.25, 0.3) is 0 Å². The Bertz CT molecular complexity index is 3310. The van der Waals surface area contributed by atoms with Gasteiger partial charge in [-0.25, -0.2) is 4.98 Å². The standard InChI is InChI=1S/C55H35N3O2S/c1-3-11-36(12-4-1)38-19-25-41(26-20-38)57(42-27-21-39(22-28-42)37-13-5-2-6-14-37)44-31-32-47-54(33-44)61-55(56-47)40-23-29-43(30-24-40)58-48-16-8-7-15-45(48)46-34-52-53(35-49(46)58)60-51-18-10-9-17-50(51)59-52/h1-35H. The van der Waals surface area contributed by atoms with Gasteiger partial charge in [-0.15, -0.1) is 11.3 Å². The molecule has 2 aromatic heterocycles. The third-order valence-corrected chi connectivity index (χ3v) is 12.6. The van der Waals surface area contributed by atoms with E-state index in [1.54, 1.807) is 11.3 Å². The highest BCUT2D eigenvalue weighted by molar-refractivity contribution is 7.21. The van der Waals surface area contributed by atoms with Gasteiger partial charge in [0.1, 0.15) is 5.01 Å². The molecule has 3 heterocycles. The number of rotatable bonds is 7. The second kappa shape index (κ2) is 14.4. The monoisotopic (exact) mass is 801 g/mol. The molecule has 0 unspecified atom stereocenters. The molecule has 0 radical (unpaired) electrons. The summed E-state index contributed by atoms with van der Waals surface area (Å²) in [5.41, 5.74) is 13.3. The van der Waals surface area contributed by atoms with Crippen molar-refractivity contribution in [2.75, 3.05) is 4.90 Å². The van der Waals surface area contributed by atoms with E-state index >= 15 is 0 Å². The first-order chi connectivity index (χ1) is 30.2. The Kier molecular flexibility index (Phi) is 8.28. The predicted molar refractivity (Wildman–Crippen MR) is 252 cm³/mol. The number of thiazole rings is 1. The summed E-state index contributed by atoms with van der Waals surface area (Å²) in [6.45, 7) is 0. The van der Waals surface area contributed by atoms with Crippen LogP contribution in [-0.4, -0.2) is 9.55 Å². The number of hydrogen-bond acceptors (Lipinski definition) is 5. The summed E-state index contributed by atoms with van der Waals surface area (Å²) in [6.07, 6.45) is 0. The van der Waals surface area contributed by atoms with Crippen LogP contribution in [0.2, 0.25) is 0 Å². The van der Waals surface area contributed by atoms with Crippen molar-refractivity contribution in [2.24, 2.45) is 0 Å². The Morgan fingerprint density at radius 2 is 0.918 bits per heavy atom. The van der Waals surface area contributed by atoms with Crippen LogP contribution in [0.1, 0.15) is 0 Å². The van der Waals surface area contributed by atoms with Gasteiger partial charge >= 0.3 is 0 Å². The first-order valence-electron chi connectivity index (χ1n) is 20.3. The largest absolute Gasteiger partial charge is 0.449 e. The molecule has 0 amide bonds. The first kappa shape index (κ1) is 35.1. The second-order valence-corrected chi connectivity index (χ2v) is 16.2. The SMILES string of the molecule is c1ccc(-c2ccc(N(c3ccc(-c4ccccc4)cc3)c3ccc4nc(-c5ccc(-n6c7ccccc7c7cc8c(cc76)Oc6ccccc6O8)cc5)sc4c3)cc2)cc1. The number of benzene rings is 9. The van der Waals surface area contributed by atoms with Crippen LogP contribution < -0.4 is 14.4 Å². The van der Waals surface area contributed by atoms with E-state index in [1.165, 1.54) is 22.3 Å². The highest BCUT2D eigenvalue weighted by Crippen LogP contribution is 2.48. The molecule has 6 heteroatoms. The van der Waals surface area contributed by atoms with Crippen molar-refractivity contribution in [1.29, 1.82) is 0 Å². The Labute approximate surface area is 356 Å². The molecule has 5 nitrogen and oxygen atoms in total. The molecule has 0 fully saturated rings. The number of para-hydroxylation sites is 3. The van der Waals surface area contributed by atoms with Gasteiger partial charge in [0.05, 0.1) is 21.3 Å². The number of hydrogen-bond donors (Lipinski definition) is 0. The van der Waals surface area contributed by atoms with Crippen LogP contribution in [0.3, 0.4) is 0 Å². The van der Waals surface area contributed by atoms with Gasteiger partial charge < -0.3 is 18.9 Å². The molecule has 12 rings (SSSR count). The molecule has 11 aromatic rings. The van der Waals surface area contributed by atoms with Gasteiger partial charge in [0.2, 0.25) is 0 Å². The molecule has 0 saturated heterocycles. The van der Waals surface area contributed by atoms with Crippen LogP contribution >= 0.6 is 11.3 Å². The Morgan fingerprint density at radius 3 is 1.56 bits per heavy atom. The number of nitrogens with zero attached hydrogens (tertiary/aromatic N) is 3. The fourth-order valence-corrected chi connectivity index (χ4v) is 9.52. The van der Waals surface area contributed by atoms with Crippen LogP contribution in [0.25, 0.3) is 70.5 Å². The van der Waals surface area contributed by atoms with Crippen LogP contribution in [0, 0.1) is 0 Å². The van der Waals surface area contributed by atoms with E-state index in [0.29, 0.717) is 17.2 Å². The quantitative estimate of drug-likeness (QED) is 0.161. The zero-order valence-electron chi connectivity index (χ0n) is 32.8. The number of anilines is 3. The first-order valence-corrected chi connectivity index (χ1v) is 21.2. The maximum absolute atomic E-state index is 6.35. The van der Waals surface area contributed by atoms with Crippen molar-refractivity contribution in [3.63, 3.8) is 0 Å². The van der Waals surface area contributed by atoms with E-state index in [9.17, 15) is 0 Å². The zero-order chi connectivity index (χ0) is 40.3. The van der Waals surface area contributed by atoms with E-state index in [0.717, 1.165) is 71.1 Å². The van der Waals surface area contributed by atoms with Crippen molar-refractivity contribution >= 4 is 60.4 Å². The molecule has 9 aromatic carbocycles. The summed E-state index contributed by atoms with van der Waals surface area (Å²) in [4.78, 5) is 7.47. The van der Waals surface area contributed by atoms with E-state index in [1.807, 2.05) is 24.3 Å². The van der Waals surface area contributed by atoms with Gasteiger partial charge in [-0.2, -0.15) is 0 Å². The third-order valence-electron chi connectivity index (χ3n) is 11.5. The Morgan fingerprint density at radius 1 is 0.393 bits per heavy atom. The minimum absolute atomic E-state index is 0.702. The zero-order valence-corrected chi connectivity index (χ0v) is 33.6. The maximum atomic E-state index is 6.35. The molecule has 0 atom stereocenters. The van der Waals surface area contributed by atoms with Gasteiger partial charge in [-0.1, -0.05) is 115 Å². The summed E-state index contributed by atoms with van der Waals surface area (Å²) < 4.78 is 16.1. The molecule has 1 aliphatic heterocycles. The molecule has 0 saturated carbocycles. The highest BCUT2D eigenvalue weighted by Gasteiger charge is 2.23. The van der Waals surface area contributed by atoms with Gasteiger partial charge in [-0.05, 0) is 113 Å². The molecule has 0 N–H and O–H groups in total. The summed E-state index contributed by atoms with van der Waals surface area (Å²) in [6, 6.07) is 74.5. The average molecular weight is 802 g/mol. The topological polar surface area (TPSA) is 39.5 Å². The lowest BCUT2D eigenvalue weighted by Gasteiger charge is -2.26. The van der Waals surface area contributed by atoms with Crippen LogP contribution in [0.5, 0.6) is 23.0 Å². The van der Waals surface area contributed by atoms with Crippen molar-refractivity contribution < 1.29 is 9.47 Å². The molecule has 61 heavy (non-hydrogen) atoms. The van der Waals surface area contributed by atoms with Crippen molar-refractivity contribution in [3.05, 3.63) is 212 Å². The normalized spacial score (nSPS) is 11.9. The molecule has 288 valence electrons. The molecule has 0 bridgehead atoms. The number of aromatic nitrogens is 2. The van der Waals surface area contributed by atoms with E-state index in [-0.39, 0.29) is 0 Å². The maximum Gasteiger partial charge on any atom is 0.172 e. The van der Waals surface area contributed by atoms with Gasteiger partial charge in [0.15, 0.2) is 23.0 Å². The summed E-state index contributed by atoms with van der Waals surface area (Å²) >= 11 is 1.72. The molecule has 1 aliphatic rings. The predicted octanol–water partition coefficient (Wildman–Crippen LogP) is 15.8. The molecule has 0 aliphatic carbocycles. The third kappa shape index (κ3) is 6.20. The number of ether oxygens (including phenoxy) is 2. The van der Waals surface area contributed by atoms with Gasteiger partial charge in [0, 0.05) is 45.2 Å². The molecule has 0 spiro atoms. The molecular weight excluding hydrogens is 767 g/mol. The summed E-state index contributed by atoms with van der Waals surface area (Å²) in [5.74, 6) is 2.85. The second-order valence-electron chi connectivity index (χ2n) is 15.2. The van der Waals surface area contributed by atoms with E-state index in [2.05, 4.69) is 198 Å². The fraction of sp³-hybridized carbons (Fsp3) is 0. The van der Waals surface area contributed by atoms with Crippen molar-refractivity contribution in [2.45, 2.75) is 0 Å². The van der Waals surface area contributed by atoms with Crippen LogP contribution in [-0.2, 0) is 0 Å².